The molecule has 0 bridgehead atoms. The Morgan fingerprint density at radius 1 is 1.47 bits per heavy atom. The first kappa shape index (κ1) is 16.1. The fraction of sp³-hybridized carbons (Fsp3) is 0.846. The van der Waals surface area contributed by atoms with Gasteiger partial charge in [-0.25, -0.2) is 0 Å². The number of amides is 1. The lowest BCUT2D eigenvalue weighted by Crippen LogP contribution is -2.33. The number of nitrogens with one attached hydrogen (secondary N) is 1. The molecule has 100 valence electrons. The van der Waals surface area contributed by atoms with Crippen molar-refractivity contribution in [3.8, 4) is 0 Å². The molecule has 1 amide bonds. The molecule has 0 rings (SSSR count). The van der Waals surface area contributed by atoms with E-state index in [-0.39, 0.29) is 17.1 Å². The van der Waals surface area contributed by atoms with Crippen molar-refractivity contribution in [3.05, 3.63) is 0 Å². The molecule has 0 aromatic rings. The van der Waals surface area contributed by atoms with Crippen LogP contribution in [0.1, 0.15) is 40.5 Å². The molecule has 4 nitrogen and oxygen atoms in total. The molecule has 0 saturated heterocycles. The van der Waals surface area contributed by atoms with Gasteiger partial charge in [-0.05, 0) is 5.92 Å². The number of hydrogen-bond donors (Lipinski definition) is 1. The molecule has 1 unspecified atom stereocenters. The zero-order valence-electron chi connectivity index (χ0n) is 11.4. The summed E-state index contributed by atoms with van der Waals surface area (Å²) in [6, 6.07) is 0. The van der Waals surface area contributed by atoms with Crippen molar-refractivity contribution in [3.63, 3.8) is 0 Å². The fourth-order valence-electron chi connectivity index (χ4n) is 1.50. The second-order valence-corrected chi connectivity index (χ2v) is 5.38. The van der Waals surface area contributed by atoms with Gasteiger partial charge in [-0.1, -0.05) is 27.7 Å². The highest BCUT2D eigenvalue weighted by Crippen LogP contribution is 2.15. The molecule has 0 spiro atoms. The summed E-state index contributed by atoms with van der Waals surface area (Å²) in [6.45, 7) is 9.73. The Balaban J connectivity index is 3.74. The normalized spacial score (nSPS) is 13.2. The smallest absolute Gasteiger partial charge is 0.207 e. The molecule has 1 atom stereocenters. The van der Waals surface area contributed by atoms with Crippen LogP contribution in [0.2, 0.25) is 0 Å². The number of carbonyl (C=O) groups excluding carboxylic acids is 2. The number of Topliss-reactive ketones (excluding diaryl/α,β-unsaturated/α-hetero) is 1. The molecule has 0 aliphatic rings. The minimum absolute atomic E-state index is 0.0740. The molecular weight excluding hydrogens is 218 g/mol. The van der Waals surface area contributed by atoms with Crippen molar-refractivity contribution in [2.45, 2.75) is 40.5 Å². The maximum absolute atomic E-state index is 11.2. The second-order valence-electron chi connectivity index (χ2n) is 5.38. The number of ether oxygens (including phenoxy) is 1. The quantitative estimate of drug-likeness (QED) is 0.595. The third kappa shape index (κ3) is 8.86. The van der Waals surface area contributed by atoms with Crippen LogP contribution in [0.5, 0.6) is 0 Å². The van der Waals surface area contributed by atoms with E-state index in [1.165, 1.54) is 0 Å². The standard InChI is InChI=1S/C13H25NO3/c1-5-12(16)6-11(2)7-17-9-13(3,4)8-14-10-15/h10-11H,5-9H2,1-4H3,(H,14,15). The molecule has 0 aliphatic carbocycles. The van der Waals surface area contributed by atoms with Crippen molar-refractivity contribution in [2.24, 2.45) is 11.3 Å². The van der Waals surface area contributed by atoms with E-state index in [1.807, 2.05) is 27.7 Å². The summed E-state index contributed by atoms with van der Waals surface area (Å²) in [5, 5.41) is 2.65. The minimum atomic E-state index is -0.0740. The van der Waals surface area contributed by atoms with Crippen molar-refractivity contribution in [2.75, 3.05) is 19.8 Å². The van der Waals surface area contributed by atoms with Gasteiger partial charge in [0, 0.05) is 31.4 Å². The molecule has 0 heterocycles. The third-order valence-corrected chi connectivity index (χ3v) is 2.53. The number of carbonyl (C=O) groups is 2. The summed E-state index contributed by atoms with van der Waals surface area (Å²) in [5.74, 6) is 0.542. The van der Waals surface area contributed by atoms with Gasteiger partial charge in [0.1, 0.15) is 5.78 Å². The van der Waals surface area contributed by atoms with Crippen LogP contribution in [-0.2, 0) is 14.3 Å². The Kier molecular flexibility index (Phi) is 7.79. The first-order valence-corrected chi connectivity index (χ1v) is 6.17. The van der Waals surface area contributed by atoms with Crippen molar-refractivity contribution in [1.82, 2.24) is 5.32 Å². The highest BCUT2D eigenvalue weighted by Gasteiger charge is 2.18. The lowest BCUT2D eigenvalue weighted by molar-refractivity contribution is -0.120. The van der Waals surface area contributed by atoms with Crippen molar-refractivity contribution in [1.29, 1.82) is 0 Å². The van der Waals surface area contributed by atoms with Crippen LogP contribution in [-0.4, -0.2) is 32.0 Å². The molecule has 0 aromatic heterocycles. The van der Waals surface area contributed by atoms with Gasteiger partial charge in [-0.2, -0.15) is 0 Å². The number of ketones is 1. The van der Waals surface area contributed by atoms with Crippen LogP contribution in [0.4, 0.5) is 0 Å². The molecule has 0 radical (unpaired) electrons. The Hall–Kier alpha value is -0.900. The number of hydrogen-bond acceptors (Lipinski definition) is 3. The van der Waals surface area contributed by atoms with Gasteiger partial charge in [0.2, 0.25) is 6.41 Å². The average Bonchev–Trinajstić information content (AvgIpc) is 2.26. The summed E-state index contributed by atoms with van der Waals surface area (Å²) in [4.78, 5) is 21.4. The Bertz CT molecular complexity index is 239. The summed E-state index contributed by atoms with van der Waals surface area (Å²) in [5.41, 5.74) is -0.0740. The monoisotopic (exact) mass is 243 g/mol. The first-order chi connectivity index (χ1) is 7.91. The predicted molar refractivity (Wildman–Crippen MR) is 67.7 cm³/mol. The zero-order valence-corrected chi connectivity index (χ0v) is 11.4. The van der Waals surface area contributed by atoms with Gasteiger partial charge in [0.25, 0.3) is 0 Å². The molecule has 0 aromatic carbocycles. The molecule has 1 N–H and O–H groups in total. The average molecular weight is 243 g/mol. The van der Waals surface area contributed by atoms with E-state index in [1.54, 1.807) is 0 Å². The lowest BCUT2D eigenvalue weighted by Gasteiger charge is -2.24. The maximum atomic E-state index is 11.2. The molecule has 0 saturated carbocycles. The van der Waals surface area contributed by atoms with Crippen LogP contribution in [0.25, 0.3) is 0 Å². The lowest BCUT2D eigenvalue weighted by atomic mass is 9.95. The van der Waals surface area contributed by atoms with Crippen LogP contribution in [0, 0.1) is 11.3 Å². The molecule has 0 aliphatic heterocycles. The highest BCUT2D eigenvalue weighted by atomic mass is 16.5. The van der Waals surface area contributed by atoms with Gasteiger partial charge in [-0.3, -0.25) is 9.59 Å². The van der Waals surface area contributed by atoms with E-state index in [0.29, 0.717) is 39.0 Å². The van der Waals surface area contributed by atoms with Crippen LogP contribution in [0.15, 0.2) is 0 Å². The zero-order chi connectivity index (χ0) is 13.3. The predicted octanol–water partition coefficient (Wildman–Crippen LogP) is 1.78. The van der Waals surface area contributed by atoms with E-state index in [0.717, 1.165) is 0 Å². The highest BCUT2D eigenvalue weighted by molar-refractivity contribution is 5.78. The first-order valence-electron chi connectivity index (χ1n) is 6.17. The summed E-state index contributed by atoms with van der Waals surface area (Å²) in [7, 11) is 0. The third-order valence-electron chi connectivity index (χ3n) is 2.53. The topological polar surface area (TPSA) is 55.4 Å². The van der Waals surface area contributed by atoms with E-state index in [4.69, 9.17) is 4.74 Å². The van der Waals surface area contributed by atoms with Crippen LogP contribution in [0.3, 0.4) is 0 Å². The maximum Gasteiger partial charge on any atom is 0.207 e. The van der Waals surface area contributed by atoms with Crippen LogP contribution < -0.4 is 5.32 Å². The van der Waals surface area contributed by atoms with E-state index >= 15 is 0 Å². The van der Waals surface area contributed by atoms with E-state index < -0.39 is 0 Å². The summed E-state index contributed by atoms with van der Waals surface area (Å²) < 4.78 is 5.59. The van der Waals surface area contributed by atoms with Crippen molar-refractivity contribution >= 4 is 12.2 Å². The Morgan fingerprint density at radius 2 is 2.12 bits per heavy atom. The summed E-state index contributed by atoms with van der Waals surface area (Å²) >= 11 is 0. The number of rotatable bonds is 10. The van der Waals surface area contributed by atoms with E-state index in [2.05, 4.69) is 5.32 Å². The summed E-state index contributed by atoms with van der Waals surface area (Å²) in [6.07, 6.45) is 1.88. The van der Waals surface area contributed by atoms with Gasteiger partial charge >= 0.3 is 0 Å². The van der Waals surface area contributed by atoms with Crippen LogP contribution >= 0.6 is 0 Å². The van der Waals surface area contributed by atoms with Gasteiger partial charge < -0.3 is 10.1 Å². The van der Waals surface area contributed by atoms with E-state index in [9.17, 15) is 9.59 Å². The molecular formula is C13H25NO3. The molecule has 4 heteroatoms. The van der Waals surface area contributed by atoms with Crippen molar-refractivity contribution < 1.29 is 14.3 Å². The molecule has 0 fully saturated rings. The van der Waals surface area contributed by atoms with Gasteiger partial charge in [0.15, 0.2) is 0 Å². The second kappa shape index (κ2) is 8.23. The molecule has 17 heavy (non-hydrogen) atoms. The SMILES string of the molecule is CCC(=O)CC(C)COCC(C)(C)CNC=O. The largest absolute Gasteiger partial charge is 0.381 e. The minimum Gasteiger partial charge on any atom is -0.381 e. The van der Waals surface area contributed by atoms with Gasteiger partial charge in [-0.15, -0.1) is 0 Å². The van der Waals surface area contributed by atoms with Gasteiger partial charge in [0.05, 0.1) is 6.61 Å². The fourth-order valence-corrected chi connectivity index (χ4v) is 1.50. The Morgan fingerprint density at radius 3 is 2.65 bits per heavy atom. The Labute approximate surface area is 104 Å².